The van der Waals surface area contributed by atoms with E-state index in [0.717, 1.165) is 58.7 Å². The number of benzene rings is 4. The second-order valence-corrected chi connectivity index (χ2v) is 14.4. The Balaban J connectivity index is 1.22. The van der Waals surface area contributed by atoms with Crippen molar-refractivity contribution in [2.45, 2.75) is 64.6 Å². The Hall–Kier alpha value is -6.07. The molecule has 3 amide bonds. The van der Waals surface area contributed by atoms with Gasteiger partial charge in [0.1, 0.15) is 11.9 Å². The summed E-state index contributed by atoms with van der Waals surface area (Å²) in [6.07, 6.45) is 2.98. The maximum Gasteiger partial charge on any atom is 0.336 e. The van der Waals surface area contributed by atoms with Crippen LogP contribution in [0.5, 0.6) is 0 Å². The van der Waals surface area contributed by atoms with Crippen LogP contribution in [-0.4, -0.2) is 80.5 Å². The molecule has 7 rings (SSSR count). The van der Waals surface area contributed by atoms with Crippen LogP contribution in [0, 0.1) is 6.92 Å². The molecule has 2 aliphatic heterocycles. The molecule has 56 heavy (non-hydrogen) atoms. The summed E-state index contributed by atoms with van der Waals surface area (Å²) in [4.78, 5) is 63.2. The third-order valence-corrected chi connectivity index (χ3v) is 10.8. The first-order chi connectivity index (χ1) is 27.2. The van der Waals surface area contributed by atoms with Gasteiger partial charge in [-0.1, -0.05) is 98.3 Å². The zero-order valence-corrected chi connectivity index (χ0v) is 31.8. The van der Waals surface area contributed by atoms with Crippen molar-refractivity contribution in [3.63, 3.8) is 0 Å². The minimum Gasteiger partial charge on any atom is -0.478 e. The summed E-state index contributed by atoms with van der Waals surface area (Å²) in [6, 6.07) is 30.7. The van der Waals surface area contributed by atoms with Crippen LogP contribution in [0.1, 0.15) is 85.9 Å². The highest BCUT2D eigenvalue weighted by Crippen LogP contribution is 2.34. The van der Waals surface area contributed by atoms with E-state index in [2.05, 4.69) is 16.8 Å². The lowest BCUT2D eigenvalue weighted by Crippen LogP contribution is -2.56. The summed E-state index contributed by atoms with van der Waals surface area (Å²) in [7, 11) is 0. The standard InChI is InChI=1S/C45H47N5O6/c1-3-4-19-40-46-37-29-50(44(53)41(32-13-7-5-8-14-32)33-15-9-6-10-16-33)39(43(52)48-22-24-56-25-23-48)27-38(37)49(40)28-31-20-21-36(30(2)26-31)47-42(51)34-17-11-12-18-35(34)45(54)55/h5-18,20-21,26,39,41H,3-4,19,22-25,27-29H2,1-2H3,(H,47,51)(H,54,55). The molecule has 4 aromatic carbocycles. The quantitative estimate of drug-likeness (QED) is 0.149. The van der Waals surface area contributed by atoms with Gasteiger partial charge < -0.3 is 29.5 Å². The Kier molecular flexibility index (Phi) is 11.7. The summed E-state index contributed by atoms with van der Waals surface area (Å²) in [5.41, 5.74) is 5.87. The molecule has 2 aliphatic rings. The minimum absolute atomic E-state index is 0.0647. The molecule has 11 heteroatoms. The number of anilines is 1. The zero-order valence-electron chi connectivity index (χ0n) is 31.8. The van der Waals surface area contributed by atoms with Gasteiger partial charge >= 0.3 is 5.97 Å². The van der Waals surface area contributed by atoms with E-state index >= 15 is 0 Å². The van der Waals surface area contributed by atoms with Crippen LogP contribution >= 0.6 is 0 Å². The molecule has 0 radical (unpaired) electrons. The number of fused-ring (bicyclic) bond motifs is 1. The zero-order chi connectivity index (χ0) is 39.2. The molecule has 5 aromatic rings. The molecule has 3 heterocycles. The van der Waals surface area contributed by atoms with Crippen molar-refractivity contribution in [2.24, 2.45) is 0 Å². The SMILES string of the molecule is CCCCc1nc2c(n1Cc1ccc(NC(=O)c3ccccc3C(=O)O)c(C)c1)CC(C(=O)N1CCOCC1)N(C(=O)C(c1ccccc1)c1ccccc1)C2. The van der Waals surface area contributed by atoms with Gasteiger partial charge in [-0.25, -0.2) is 9.78 Å². The summed E-state index contributed by atoms with van der Waals surface area (Å²) < 4.78 is 7.81. The van der Waals surface area contributed by atoms with Crippen molar-refractivity contribution < 1.29 is 29.0 Å². The third kappa shape index (κ3) is 8.13. The average Bonchev–Trinajstić information content (AvgIpc) is 3.56. The average molecular weight is 754 g/mol. The first kappa shape index (κ1) is 38.2. The molecule has 288 valence electrons. The van der Waals surface area contributed by atoms with Crippen molar-refractivity contribution in [2.75, 3.05) is 31.6 Å². The Morgan fingerprint density at radius 1 is 0.875 bits per heavy atom. The van der Waals surface area contributed by atoms with Crippen LogP contribution in [0.25, 0.3) is 0 Å². The second-order valence-electron chi connectivity index (χ2n) is 14.4. The number of nitrogens with one attached hydrogen (secondary N) is 1. The van der Waals surface area contributed by atoms with Crippen molar-refractivity contribution in [3.8, 4) is 0 Å². The van der Waals surface area contributed by atoms with Gasteiger partial charge in [-0.15, -0.1) is 0 Å². The molecule has 0 aliphatic carbocycles. The molecule has 11 nitrogen and oxygen atoms in total. The lowest BCUT2D eigenvalue weighted by Gasteiger charge is -2.40. The minimum atomic E-state index is -1.17. The van der Waals surface area contributed by atoms with Crippen molar-refractivity contribution in [1.82, 2.24) is 19.4 Å². The van der Waals surface area contributed by atoms with Gasteiger partial charge in [-0.2, -0.15) is 0 Å². The molecule has 1 atom stereocenters. The van der Waals surface area contributed by atoms with Crippen LogP contribution < -0.4 is 5.32 Å². The fraction of sp³-hybridized carbons (Fsp3) is 0.311. The Bertz CT molecular complexity index is 2170. The van der Waals surface area contributed by atoms with E-state index < -0.39 is 23.8 Å². The fourth-order valence-corrected chi connectivity index (χ4v) is 7.81. The lowest BCUT2D eigenvalue weighted by atomic mass is 9.88. The first-order valence-corrected chi connectivity index (χ1v) is 19.3. The molecular formula is C45H47N5O6. The Morgan fingerprint density at radius 2 is 1.52 bits per heavy atom. The topological polar surface area (TPSA) is 134 Å². The number of imidazole rings is 1. The van der Waals surface area contributed by atoms with Gasteiger partial charge in [-0.3, -0.25) is 14.4 Å². The summed E-state index contributed by atoms with van der Waals surface area (Å²) in [5.74, 6) is -1.58. The van der Waals surface area contributed by atoms with Crippen LogP contribution in [0.3, 0.4) is 0 Å². The van der Waals surface area contributed by atoms with Gasteiger partial charge in [0.2, 0.25) is 11.8 Å². The van der Waals surface area contributed by atoms with Crippen molar-refractivity contribution in [1.29, 1.82) is 0 Å². The van der Waals surface area contributed by atoms with E-state index in [1.165, 1.54) is 12.1 Å². The predicted octanol–water partition coefficient (Wildman–Crippen LogP) is 6.48. The van der Waals surface area contributed by atoms with Crippen LogP contribution in [-0.2, 0) is 40.3 Å². The number of morpholine rings is 1. The Morgan fingerprint density at radius 3 is 2.14 bits per heavy atom. The Labute approximate surface area is 326 Å². The number of nitrogens with zero attached hydrogens (tertiary/aromatic N) is 4. The monoisotopic (exact) mass is 753 g/mol. The van der Waals surface area contributed by atoms with Gasteiger partial charge in [0.15, 0.2) is 0 Å². The molecule has 1 unspecified atom stereocenters. The smallest absolute Gasteiger partial charge is 0.336 e. The van der Waals surface area contributed by atoms with Crippen molar-refractivity contribution >= 4 is 29.4 Å². The number of unbranched alkanes of at least 4 members (excludes halogenated alkanes) is 1. The number of aryl methyl sites for hydroxylation is 2. The number of carbonyl (C=O) groups excluding carboxylic acids is 3. The highest BCUT2D eigenvalue weighted by Gasteiger charge is 2.42. The number of carboxylic acids is 1. The van der Waals surface area contributed by atoms with Crippen LogP contribution in [0.2, 0.25) is 0 Å². The van der Waals surface area contributed by atoms with Crippen molar-refractivity contribution in [3.05, 3.63) is 154 Å². The maximum atomic E-state index is 15.0. The number of aromatic nitrogens is 2. The third-order valence-electron chi connectivity index (χ3n) is 10.8. The summed E-state index contributed by atoms with van der Waals surface area (Å²) >= 11 is 0. The fourth-order valence-electron chi connectivity index (χ4n) is 7.81. The van der Waals surface area contributed by atoms with Gasteiger partial charge in [0.05, 0.1) is 42.5 Å². The molecule has 0 spiro atoms. The molecule has 1 saturated heterocycles. The molecule has 1 fully saturated rings. The number of rotatable bonds is 12. The summed E-state index contributed by atoms with van der Waals surface area (Å²) in [5, 5.41) is 12.5. The lowest BCUT2D eigenvalue weighted by molar-refractivity contribution is -0.150. The highest BCUT2D eigenvalue weighted by molar-refractivity contribution is 6.10. The molecule has 2 N–H and O–H groups in total. The number of amides is 3. The number of aromatic carboxylic acids is 1. The largest absolute Gasteiger partial charge is 0.478 e. The highest BCUT2D eigenvalue weighted by atomic mass is 16.5. The van der Waals surface area contributed by atoms with Gasteiger partial charge in [-0.05, 0) is 53.8 Å². The second kappa shape index (κ2) is 17.2. The maximum absolute atomic E-state index is 15.0. The number of ether oxygens (including phenoxy) is 1. The van der Waals surface area contributed by atoms with E-state index in [1.807, 2.05) is 90.7 Å². The number of hydrogen-bond donors (Lipinski definition) is 2. The summed E-state index contributed by atoms with van der Waals surface area (Å²) in [6.45, 7) is 6.58. The van der Waals surface area contributed by atoms with E-state index in [9.17, 15) is 24.3 Å². The molecule has 0 saturated carbocycles. The predicted molar refractivity (Wildman–Crippen MR) is 213 cm³/mol. The van der Waals surface area contributed by atoms with E-state index in [0.29, 0.717) is 45.0 Å². The molecule has 0 bridgehead atoms. The number of carbonyl (C=O) groups is 4. The number of carboxylic acid groups (broad SMARTS) is 1. The van der Waals surface area contributed by atoms with E-state index in [4.69, 9.17) is 9.72 Å². The van der Waals surface area contributed by atoms with Crippen LogP contribution in [0.15, 0.2) is 103 Å². The van der Waals surface area contributed by atoms with E-state index in [-0.39, 0.29) is 29.5 Å². The first-order valence-electron chi connectivity index (χ1n) is 19.3. The van der Waals surface area contributed by atoms with E-state index in [1.54, 1.807) is 17.0 Å². The van der Waals surface area contributed by atoms with Gasteiger partial charge in [0, 0.05) is 43.9 Å². The van der Waals surface area contributed by atoms with Gasteiger partial charge in [0.25, 0.3) is 5.91 Å². The van der Waals surface area contributed by atoms with Crippen LogP contribution in [0.4, 0.5) is 5.69 Å². The number of hydrogen-bond acceptors (Lipinski definition) is 6. The molecular weight excluding hydrogens is 707 g/mol. The normalized spacial score (nSPS) is 15.4. The molecule has 1 aromatic heterocycles.